The van der Waals surface area contributed by atoms with E-state index in [1.54, 1.807) is 12.1 Å². The first-order valence-electron chi connectivity index (χ1n) is 9.25. The van der Waals surface area contributed by atoms with E-state index in [-0.39, 0.29) is 29.5 Å². The number of hydrogen-bond acceptors (Lipinski definition) is 4. The lowest BCUT2D eigenvalue weighted by molar-refractivity contribution is -0.143. The molecule has 4 nitrogen and oxygen atoms in total. The van der Waals surface area contributed by atoms with E-state index in [1.807, 2.05) is 30.3 Å². The second kappa shape index (κ2) is 6.89. The van der Waals surface area contributed by atoms with Crippen molar-refractivity contribution in [2.24, 2.45) is 5.41 Å². The summed E-state index contributed by atoms with van der Waals surface area (Å²) >= 11 is 0. The minimum atomic E-state index is -0.738. The van der Waals surface area contributed by atoms with E-state index in [1.165, 1.54) is 19.2 Å². The van der Waals surface area contributed by atoms with E-state index in [2.05, 4.69) is 5.32 Å². The maximum atomic E-state index is 13.5. The molecule has 1 saturated carbocycles. The summed E-state index contributed by atoms with van der Waals surface area (Å²) < 4.78 is 18.5. The van der Waals surface area contributed by atoms with Crippen LogP contribution in [0.3, 0.4) is 0 Å². The third kappa shape index (κ3) is 2.77. The van der Waals surface area contributed by atoms with Gasteiger partial charge in [0.15, 0.2) is 0 Å². The molecule has 2 fully saturated rings. The molecule has 0 unspecified atom stereocenters. The van der Waals surface area contributed by atoms with Gasteiger partial charge in [0.25, 0.3) is 0 Å². The van der Waals surface area contributed by atoms with E-state index >= 15 is 0 Å². The summed E-state index contributed by atoms with van der Waals surface area (Å²) in [5.74, 6) is -0.874. The molecule has 2 aliphatic rings. The minimum absolute atomic E-state index is 0.157. The van der Waals surface area contributed by atoms with Crippen molar-refractivity contribution >= 4 is 11.8 Å². The van der Waals surface area contributed by atoms with Crippen LogP contribution in [-0.4, -0.2) is 24.9 Å². The number of Topliss-reactive ketones (excluding diaryl/α,β-unsaturated/α-hetero) is 1. The predicted octanol–water partition coefficient (Wildman–Crippen LogP) is 3.53. The zero-order valence-corrected chi connectivity index (χ0v) is 15.2. The van der Waals surface area contributed by atoms with Crippen LogP contribution >= 0.6 is 0 Å². The number of hydrogen-bond donors (Lipinski definition) is 1. The van der Waals surface area contributed by atoms with Crippen LogP contribution in [0.2, 0.25) is 0 Å². The van der Waals surface area contributed by atoms with Gasteiger partial charge in [-0.2, -0.15) is 0 Å². The highest BCUT2D eigenvalue weighted by atomic mass is 19.1. The van der Waals surface area contributed by atoms with Crippen LogP contribution in [-0.2, 0) is 14.3 Å². The zero-order valence-electron chi connectivity index (χ0n) is 15.2. The summed E-state index contributed by atoms with van der Waals surface area (Å²) in [5.41, 5.74) is 1.03. The summed E-state index contributed by atoms with van der Waals surface area (Å²) in [7, 11) is 1.36. The fourth-order valence-corrected chi connectivity index (χ4v) is 4.98. The second-order valence-electron chi connectivity index (χ2n) is 7.36. The molecule has 1 saturated heterocycles. The standard InChI is InChI=1S/C22H22FNO3/c1-27-21(26)19-18(14-6-3-2-4-7-14)22(13-5-8-17(22)25)20(24-19)15-9-11-16(23)12-10-15/h2-4,6-7,9-12,18-20,24H,5,8,13H2,1H3/t18-,19+,20+,22+/m0/s1. The lowest BCUT2D eigenvalue weighted by atomic mass is 9.65. The monoisotopic (exact) mass is 367 g/mol. The Hall–Kier alpha value is -2.53. The highest BCUT2D eigenvalue weighted by Crippen LogP contribution is 2.59. The fraction of sp³-hybridized carbons (Fsp3) is 0.364. The zero-order chi connectivity index (χ0) is 19.0. The maximum Gasteiger partial charge on any atom is 0.323 e. The van der Waals surface area contributed by atoms with E-state index in [0.717, 1.165) is 17.5 Å². The van der Waals surface area contributed by atoms with Crippen LogP contribution in [0.5, 0.6) is 0 Å². The van der Waals surface area contributed by atoms with Gasteiger partial charge in [-0.05, 0) is 36.1 Å². The van der Waals surface area contributed by atoms with Crippen molar-refractivity contribution < 1.29 is 18.7 Å². The molecule has 0 radical (unpaired) electrons. The Morgan fingerprint density at radius 3 is 2.41 bits per heavy atom. The summed E-state index contributed by atoms with van der Waals surface area (Å²) in [6, 6.07) is 14.9. The second-order valence-corrected chi connectivity index (χ2v) is 7.36. The largest absolute Gasteiger partial charge is 0.468 e. The Morgan fingerprint density at radius 1 is 1.11 bits per heavy atom. The lowest BCUT2D eigenvalue weighted by Gasteiger charge is -2.35. The van der Waals surface area contributed by atoms with E-state index in [4.69, 9.17) is 4.74 Å². The third-order valence-electron chi connectivity index (χ3n) is 6.08. The Bertz CT molecular complexity index is 852. The molecule has 1 aliphatic carbocycles. The molecule has 4 atom stereocenters. The number of nitrogens with one attached hydrogen (secondary N) is 1. The topological polar surface area (TPSA) is 55.4 Å². The quantitative estimate of drug-likeness (QED) is 0.843. The van der Waals surface area contributed by atoms with Gasteiger partial charge in [0.05, 0.1) is 12.5 Å². The van der Waals surface area contributed by atoms with Crippen molar-refractivity contribution in [3.05, 3.63) is 71.5 Å². The number of carbonyl (C=O) groups excluding carboxylic acids is 2. The lowest BCUT2D eigenvalue weighted by Crippen LogP contribution is -2.38. The summed E-state index contributed by atoms with van der Waals surface area (Å²) in [5, 5.41) is 3.37. The molecular formula is C22H22FNO3. The summed E-state index contributed by atoms with van der Waals surface area (Å²) in [6.45, 7) is 0. The number of carbonyl (C=O) groups is 2. The van der Waals surface area contributed by atoms with Crippen molar-refractivity contribution in [1.82, 2.24) is 5.32 Å². The Balaban J connectivity index is 1.89. The average molecular weight is 367 g/mol. The number of ketones is 1. The first-order valence-corrected chi connectivity index (χ1v) is 9.25. The molecule has 0 amide bonds. The van der Waals surface area contributed by atoms with Crippen LogP contribution in [0.15, 0.2) is 54.6 Å². The Kier molecular flexibility index (Phi) is 4.56. The Morgan fingerprint density at radius 2 is 1.81 bits per heavy atom. The molecule has 1 N–H and O–H groups in total. The number of rotatable bonds is 3. The van der Waals surface area contributed by atoms with Gasteiger partial charge in [-0.3, -0.25) is 14.9 Å². The molecular weight excluding hydrogens is 345 g/mol. The number of ether oxygens (including phenoxy) is 1. The number of esters is 1. The van der Waals surface area contributed by atoms with Gasteiger partial charge in [0.1, 0.15) is 17.6 Å². The first kappa shape index (κ1) is 17.9. The normalized spacial score (nSPS) is 30.0. The van der Waals surface area contributed by atoms with Crippen molar-refractivity contribution in [2.75, 3.05) is 7.11 Å². The minimum Gasteiger partial charge on any atom is -0.468 e. The molecule has 1 spiro atoms. The van der Waals surface area contributed by atoms with Crippen molar-refractivity contribution in [3.63, 3.8) is 0 Å². The van der Waals surface area contributed by atoms with Crippen molar-refractivity contribution in [1.29, 1.82) is 0 Å². The van der Waals surface area contributed by atoms with Gasteiger partial charge >= 0.3 is 5.97 Å². The molecule has 0 aromatic heterocycles. The SMILES string of the molecule is COC(=O)[C@@H]1N[C@H](c2ccc(F)cc2)[C@@]2(CCCC2=O)[C@H]1c1ccccc1. The van der Waals surface area contributed by atoms with Crippen LogP contribution in [0.4, 0.5) is 4.39 Å². The van der Waals surface area contributed by atoms with E-state index in [9.17, 15) is 14.0 Å². The molecule has 0 bridgehead atoms. The number of halogens is 1. The van der Waals surface area contributed by atoms with Crippen LogP contribution in [0.1, 0.15) is 42.3 Å². The fourth-order valence-electron chi connectivity index (χ4n) is 4.98. The molecule has 140 valence electrons. The van der Waals surface area contributed by atoms with Crippen LogP contribution in [0, 0.1) is 11.2 Å². The highest BCUT2D eigenvalue weighted by molar-refractivity contribution is 5.92. The van der Waals surface area contributed by atoms with Gasteiger partial charge in [-0.15, -0.1) is 0 Å². The smallest absolute Gasteiger partial charge is 0.323 e. The Labute approximate surface area is 157 Å². The summed E-state index contributed by atoms with van der Waals surface area (Å²) in [4.78, 5) is 25.8. The van der Waals surface area contributed by atoms with E-state index in [0.29, 0.717) is 12.8 Å². The van der Waals surface area contributed by atoms with Gasteiger partial charge < -0.3 is 4.74 Å². The molecule has 5 heteroatoms. The van der Waals surface area contributed by atoms with Crippen molar-refractivity contribution in [3.8, 4) is 0 Å². The van der Waals surface area contributed by atoms with Crippen LogP contribution in [0.25, 0.3) is 0 Å². The van der Waals surface area contributed by atoms with Gasteiger partial charge in [0, 0.05) is 18.4 Å². The molecule has 1 heterocycles. The average Bonchev–Trinajstić information content (AvgIpc) is 3.24. The van der Waals surface area contributed by atoms with Gasteiger partial charge in [0.2, 0.25) is 0 Å². The molecule has 2 aromatic carbocycles. The summed E-state index contributed by atoms with van der Waals surface area (Å²) in [6.07, 6.45) is 1.97. The van der Waals surface area contributed by atoms with Gasteiger partial charge in [-0.25, -0.2) is 4.39 Å². The third-order valence-corrected chi connectivity index (χ3v) is 6.08. The maximum absolute atomic E-state index is 13.5. The molecule has 27 heavy (non-hydrogen) atoms. The first-order chi connectivity index (χ1) is 13.1. The number of methoxy groups -OCH3 is 1. The highest BCUT2D eigenvalue weighted by Gasteiger charge is 2.63. The molecule has 4 rings (SSSR count). The van der Waals surface area contributed by atoms with Crippen LogP contribution < -0.4 is 5.32 Å². The number of benzene rings is 2. The molecule has 1 aliphatic heterocycles. The van der Waals surface area contributed by atoms with Crippen molar-refractivity contribution in [2.45, 2.75) is 37.3 Å². The predicted molar refractivity (Wildman–Crippen MR) is 98.6 cm³/mol. The van der Waals surface area contributed by atoms with E-state index < -0.39 is 11.5 Å². The van der Waals surface area contributed by atoms with Gasteiger partial charge in [-0.1, -0.05) is 42.5 Å². The molecule has 2 aromatic rings.